The van der Waals surface area contributed by atoms with Gasteiger partial charge in [0.25, 0.3) is 0 Å². The first-order chi connectivity index (χ1) is 12.7. The SMILES string of the molecule is COC(=O)[C@H](C[C@@H]1CC(C)(C)NC1=O)NC(=O)[C@@H]1CC2(CCCCC2)CN1. The van der Waals surface area contributed by atoms with Crippen LogP contribution in [0.5, 0.6) is 0 Å². The molecule has 2 heterocycles. The van der Waals surface area contributed by atoms with Crippen LogP contribution < -0.4 is 16.0 Å². The summed E-state index contributed by atoms with van der Waals surface area (Å²) in [6, 6.07) is -1.07. The number of esters is 1. The zero-order valence-corrected chi connectivity index (χ0v) is 16.7. The van der Waals surface area contributed by atoms with Crippen molar-refractivity contribution in [2.75, 3.05) is 13.7 Å². The molecule has 2 saturated heterocycles. The van der Waals surface area contributed by atoms with Crippen molar-refractivity contribution < 1.29 is 19.1 Å². The van der Waals surface area contributed by atoms with Gasteiger partial charge in [-0.15, -0.1) is 0 Å². The second-order valence-corrected chi connectivity index (χ2v) is 9.29. The first-order valence-electron chi connectivity index (χ1n) is 10.2. The van der Waals surface area contributed by atoms with E-state index in [4.69, 9.17) is 4.74 Å². The number of carbonyl (C=O) groups excluding carboxylic acids is 3. The van der Waals surface area contributed by atoms with Crippen LogP contribution in [0.2, 0.25) is 0 Å². The van der Waals surface area contributed by atoms with Crippen molar-refractivity contribution in [2.45, 2.75) is 82.8 Å². The number of hydrogen-bond donors (Lipinski definition) is 3. The van der Waals surface area contributed by atoms with Crippen molar-refractivity contribution >= 4 is 17.8 Å². The minimum absolute atomic E-state index is 0.0664. The molecule has 0 radical (unpaired) electrons. The molecule has 27 heavy (non-hydrogen) atoms. The predicted octanol–water partition coefficient (Wildman–Crippen LogP) is 1.26. The van der Waals surface area contributed by atoms with Crippen LogP contribution in [0.25, 0.3) is 0 Å². The molecule has 7 heteroatoms. The Labute approximate surface area is 161 Å². The maximum atomic E-state index is 12.8. The van der Waals surface area contributed by atoms with Crippen LogP contribution in [0.1, 0.15) is 65.2 Å². The molecule has 3 atom stereocenters. The van der Waals surface area contributed by atoms with Gasteiger partial charge in [0.05, 0.1) is 13.2 Å². The van der Waals surface area contributed by atoms with E-state index in [2.05, 4.69) is 16.0 Å². The zero-order chi connectivity index (χ0) is 19.7. The summed E-state index contributed by atoms with van der Waals surface area (Å²) in [7, 11) is 1.31. The lowest BCUT2D eigenvalue weighted by atomic mass is 9.72. The fourth-order valence-electron chi connectivity index (χ4n) is 5.08. The molecule has 1 aliphatic carbocycles. The third-order valence-corrected chi connectivity index (χ3v) is 6.50. The van der Waals surface area contributed by atoms with Gasteiger partial charge in [-0.05, 0) is 51.4 Å². The summed E-state index contributed by atoms with van der Waals surface area (Å²) in [4.78, 5) is 37.2. The Kier molecular flexibility index (Phi) is 5.79. The van der Waals surface area contributed by atoms with Gasteiger partial charge >= 0.3 is 5.97 Å². The molecular weight excluding hydrogens is 346 g/mol. The summed E-state index contributed by atoms with van der Waals surface area (Å²) in [6.45, 7) is 4.79. The third-order valence-electron chi connectivity index (χ3n) is 6.50. The fourth-order valence-corrected chi connectivity index (χ4v) is 5.08. The average molecular weight is 380 g/mol. The van der Waals surface area contributed by atoms with Crippen molar-refractivity contribution in [1.29, 1.82) is 0 Å². The molecule has 1 saturated carbocycles. The van der Waals surface area contributed by atoms with Crippen LogP contribution in [-0.4, -0.2) is 49.1 Å². The minimum Gasteiger partial charge on any atom is -0.467 e. The number of amides is 2. The Morgan fingerprint density at radius 3 is 2.52 bits per heavy atom. The van der Waals surface area contributed by atoms with E-state index >= 15 is 0 Å². The lowest BCUT2D eigenvalue weighted by molar-refractivity contribution is -0.146. The van der Waals surface area contributed by atoms with Crippen LogP contribution in [0, 0.1) is 11.3 Å². The lowest BCUT2D eigenvalue weighted by Crippen LogP contribution is -2.49. The summed E-state index contributed by atoms with van der Waals surface area (Å²) >= 11 is 0. The second-order valence-electron chi connectivity index (χ2n) is 9.29. The quantitative estimate of drug-likeness (QED) is 0.625. The van der Waals surface area contributed by atoms with E-state index in [9.17, 15) is 14.4 Å². The van der Waals surface area contributed by atoms with Gasteiger partial charge in [-0.1, -0.05) is 19.3 Å². The molecule has 0 aromatic carbocycles. The monoisotopic (exact) mass is 379 g/mol. The maximum absolute atomic E-state index is 12.8. The van der Waals surface area contributed by atoms with E-state index in [1.807, 2.05) is 13.8 Å². The fraction of sp³-hybridized carbons (Fsp3) is 0.850. The molecule has 2 aliphatic heterocycles. The molecule has 3 rings (SSSR count). The number of rotatable bonds is 5. The Morgan fingerprint density at radius 2 is 1.93 bits per heavy atom. The minimum atomic E-state index is -0.795. The van der Waals surface area contributed by atoms with Gasteiger partial charge in [0.2, 0.25) is 11.8 Å². The Morgan fingerprint density at radius 1 is 1.22 bits per heavy atom. The molecule has 1 spiro atoms. The van der Waals surface area contributed by atoms with Gasteiger partial charge in [0, 0.05) is 18.0 Å². The van der Waals surface area contributed by atoms with Gasteiger partial charge in [-0.2, -0.15) is 0 Å². The maximum Gasteiger partial charge on any atom is 0.328 e. The summed E-state index contributed by atoms with van der Waals surface area (Å²) in [6.07, 6.45) is 7.81. The molecule has 0 unspecified atom stereocenters. The average Bonchev–Trinajstić information content (AvgIpc) is 3.14. The van der Waals surface area contributed by atoms with Crippen molar-refractivity contribution in [3.8, 4) is 0 Å². The molecule has 3 fully saturated rings. The summed E-state index contributed by atoms with van der Waals surface area (Å²) < 4.78 is 4.88. The van der Waals surface area contributed by atoms with E-state index in [-0.39, 0.29) is 41.1 Å². The first-order valence-corrected chi connectivity index (χ1v) is 10.2. The molecular formula is C20H33N3O4. The number of nitrogens with one attached hydrogen (secondary N) is 3. The molecule has 7 nitrogen and oxygen atoms in total. The van der Waals surface area contributed by atoms with Crippen molar-refractivity contribution in [2.24, 2.45) is 11.3 Å². The predicted molar refractivity (Wildman–Crippen MR) is 101 cm³/mol. The highest BCUT2D eigenvalue weighted by Crippen LogP contribution is 2.42. The van der Waals surface area contributed by atoms with E-state index in [0.717, 1.165) is 13.0 Å². The van der Waals surface area contributed by atoms with Gasteiger partial charge in [0.1, 0.15) is 6.04 Å². The summed E-state index contributed by atoms with van der Waals surface area (Å²) in [5, 5.41) is 9.14. The Bertz CT molecular complexity index is 598. The van der Waals surface area contributed by atoms with E-state index in [0.29, 0.717) is 6.42 Å². The highest BCUT2D eigenvalue weighted by atomic mass is 16.5. The van der Waals surface area contributed by atoms with E-state index < -0.39 is 12.0 Å². The number of ether oxygens (including phenoxy) is 1. The standard InChI is InChI=1S/C20H33N3O4/c1-19(2)10-13(16(24)23-19)9-14(18(26)27-3)22-17(25)15-11-20(12-21-15)7-5-4-6-8-20/h13-15,21H,4-12H2,1-3H3,(H,22,25)(H,23,24)/t13-,14+,15+/m1/s1. The lowest BCUT2D eigenvalue weighted by Gasteiger charge is -2.32. The molecule has 2 amide bonds. The molecule has 0 aromatic rings. The Hall–Kier alpha value is -1.63. The topological polar surface area (TPSA) is 96.5 Å². The summed E-state index contributed by atoms with van der Waals surface area (Å²) in [5.74, 6) is -1.02. The molecule has 3 aliphatic rings. The molecule has 0 aromatic heterocycles. The van der Waals surface area contributed by atoms with Crippen LogP contribution in [0.3, 0.4) is 0 Å². The van der Waals surface area contributed by atoms with Crippen molar-refractivity contribution in [3.63, 3.8) is 0 Å². The van der Waals surface area contributed by atoms with E-state index in [1.54, 1.807) is 0 Å². The number of hydrogen-bond acceptors (Lipinski definition) is 5. The second kappa shape index (κ2) is 7.78. The van der Waals surface area contributed by atoms with Crippen molar-refractivity contribution in [3.05, 3.63) is 0 Å². The largest absolute Gasteiger partial charge is 0.467 e. The summed E-state index contributed by atoms with van der Waals surface area (Å²) in [5.41, 5.74) is -0.0524. The van der Waals surface area contributed by atoms with Gasteiger partial charge in [-0.25, -0.2) is 4.79 Å². The van der Waals surface area contributed by atoms with Gasteiger partial charge in [0.15, 0.2) is 0 Å². The van der Waals surface area contributed by atoms with Crippen LogP contribution in [0.15, 0.2) is 0 Å². The normalized spacial score (nSPS) is 30.0. The highest BCUT2D eigenvalue weighted by Gasteiger charge is 2.44. The molecule has 3 N–H and O–H groups in total. The van der Waals surface area contributed by atoms with Crippen LogP contribution in [0.4, 0.5) is 0 Å². The first kappa shape index (κ1) is 20.1. The van der Waals surface area contributed by atoms with E-state index in [1.165, 1.54) is 39.2 Å². The zero-order valence-electron chi connectivity index (χ0n) is 16.7. The number of methoxy groups -OCH3 is 1. The van der Waals surface area contributed by atoms with Gasteiger partial charge in [-0.3, -0.25) is 9.59 Å². The highest BCUT2D eigenvalue weighted by molar-refractivity contribution is 5.89. The molecule has 152 valence electrons. The van der Waals surface area contributed by atoms with Crippen molar-refractivity contribution in [1.82, 2.24) is 16.0 Å². The van der Waals surface area contributed by atoms with Gasteiger partial charge < -0.3 is 20.7 Å². The Balaban J connectivity index is 1.60. The third kappa shape index (κ3) is 4.62. The molecule has 0 bridgehead atoms. The smallest absolute Gasteiger partial charge is 0.328 e. The van der Waals surface area contributed by atoms with Crippen LogP contribution >= 0.6 is 0 Å². The number of carbonyl (C=O) groups is 3. The van der Waals surface area contributed by atoms with Crippen LogP contribution in [-0.2, 0) is 19.1 Å².